The molecule has 0 amide bonds. The van der Waals surface area contributed by atoms with E-state index >= 15 is 0 Å². The molecule has 0 aliphatic carbocycles. The summed E-state index contributed by atoms with van der Waals surface area (Å²) >= 11 is 6.40. The maximum atomic E-state index is 4.99. The van der Waals surface area contributed by atoms with E-state index in [0.717, 1.165) is 10.6 Å². The molecule has 0 saturated carbocycles. The summed E-state index contributed by atoms with van der Waals surface area (Å²) in [6.45, 7) is 1.95. The normalized spacial score (nSPS) is 10.5. The minimum absolute atomic E-state index is 0.586. The smallest absolute Gasteiger partial charge is 0.189 e. The second-order valence-corrected chi connectivity index (χ2v) is 4.16. The molecular weight excluding hydrogens is 216 g/mol. The van der Waals surface area contributed by atoms with Gasteiger partial charge < -0.3 is 4.90 Å². The van der Waals surface area contributed by atoms with Crippen molar-refractivity contribution in [3.63, 3.8) is 0 Å². The van der Waals surface area contributed by atoms with Crippen molar-refractivity contribution in [3.05, 3.63) is 16.6 Å². The second kappa shape index (κ2) is 5.02. The molecule has 0 saturated heterocycles. The van der Waals surface area contributed by atoms with Crippen molar-refractivity contribution in [2.75, 3.05) is 14.1 Å². The average Bonchev–Trinajstić information content (AvgIpc) is 2.51. The summed E-state index contributed by atoms with van der Waals surface area (Å²) < 4.78 is 4.13. The topological polar surface area (TPSA) is 40.5 Å². The molecule has 0 atom stereocenters. The van der Waals surface area contributed by atoms with E-state index in [2.05, 4.69) is 14.9 Å². The van der Waals surface area contributed by atoms with Crippen molar-refractivity contribution < 1.29 is 0 Å². The first-order valence-corrected chi connectivity index (χ1v) is 5.21. The van der Waals surface area contributed by atoms with Crippen molar-refractivity contribution in [3.8, 4) is 0 Å². The van der Waals surface area contributed by atoms with E-state index in [9.17, 15) is 0 Å². The largest absolute Gasteiger partial charge is 0.354 e. The van der Waals surface area contributed by atoms with E-state index in [1.165, 1.54) is 11.5 Å². The van der Waals surface area contributed by atoms with Gasteiger partial charge in [0.1, 0.15) is 0 Å². The first kappa shape index (κ1) is 11.1. The van der Waals surface area contributed by atoms with Gasteiger partial charge in [0.15, 0.2) is 5.11 Å². The first-order valence-electron chi connectivity index (χ1n) is 4.03. The summed E-state index contributed by atoms with van der Waals surface area (Å²) in [4.78, 5) is 2.79. The number of nitrogens with one attached hydrogen (secondary N) is 1. The predicted octanol–water partition coefficient (Wildman–Crippen LogP) is 1.22. The third-order valence-corrected chi connectivity index (χ3v) is 2.67. The minimum Gasteiger partial charge on any atom is -0.354 e. The van der Waals surface area contributed by atoms with Gasteiger partial charge in [-0.3, -0.25) is 5.43 Å². The standard InChI is InChI=1S/C8H12N4S2/c1-6-4-7(14-11-6)5-9-10-8(13)12(2)3/h4-5H,1-3H3,(H,10,13). The fourth-order valence-electron chi connectivity index (χ4n) is 0.695. The molecule has 0 aliphatic heterocycles. The van der Waals surface area contributed by atoms with E-state index in [0.29, 0.717) is 5.11 Å². The van der Waals surface area contributed by atoms with Crippen LogP contribution >= 0.6 is 23.8 Å². The molecule has 1 heterocycles. The van der Waals surface area contributed by atoms with Crippen LogP contribution in [0.25, 0.3) is 0 Å². The van der Waals surface area contributed by atoms with E-state index in [-0.39, 0.29) is 0 Å². The summed E-state index contributed by atoms with van der Waals surface area (Å²) in [5, 5.41) is 4.57. The van der Waals surface area contributed by atoms with Gasteiger partial charge >= 0.3 is 0 Å². The number of aryl methyl sites for hydroxylation is 1. The lowest BCUT2D eigenvalue weighted by atomic mass is 10.4. The monoisotopic (exact) mass is 228 g/mol. The molecule has 4 nitrogen and oxygen atoms in total. The number of hydrazone groups is 1. The van der Waals surface area contributed by atoms with Crippen LogP contribution in [0.2, 0.25) is 0 Å². The molecule has 1 aromatic heterocycles. The Morgan fingerprint density at radius 3 is 2.93 bits per heavy atom. The fourth-order valence-corrected chi connectivity index (χ4v) is 1.37. The lowest BCUT2D eigenvalue weighted by Crippen LogP contribution is -2.30. The maximum absolute atomic E-state index is 4.99. The molecule has 0 bridgehead atoms. The van der Waals surface area contributed by atoms with Crippen LogP contribution in [-0.4, -0.2) is 34.7 Å². The Bertz CT molecular complexity index is 343. The highest BCUT2D eigenvalue weighted by molar-refractivity contribution is 7.80. The molecule has 76 valence electrons. The zero-order valence-electron chi connectivity index (χ0n) is 8.31. The van der Waals surface area contributed by atoms with E-state index in [1.54, 1.807) is 11.1 Å². The summed E-state index contributed by atoms with van der Waals surface area (Å²) in [6, 6.07) is 1.97. The van der Waals surface area contributed by atoms with Crippen LogP contribution in [0, 0.1) is 6.92 Å². The van der Waals surface area contributed by atoms with Crippen molar-refractivity contribution in [2.45, 2.75) is 6.92 Å². The summed E-state index contributed by atoms with van der Waals surface area (Å²) in [5.74, 6) is 0. The minimum atomic E-state index is 0.586. The van der Waals surface area contributed by atoms with Gasteiger partial charge in [-0.25, -0.2) is 0 Å². The predicted molar refractivity (Wildman–Crippen MR) is 63.9 cm³/mol. The number of hydrogen-bond acceptors (Lipinski definition) is 4. The SMILES string of the molecule is Cc1cc(C=NNC(=S)N(C)C)sn1. The summed E-state index contributed by atoms with van der Waals surface area (Å²) in [6.07, 6.45) is 1.71. The number of rotatable bonds is 2. The Morgan fingerprint density at radius 1 is 1.71 bits per heavy atom. The third-order valence-electron chi connectivity index (χ3n) is 1.40. The Hall–Kier alpha value is -1.01. The molecule has 0 unspecified atom stereocenters. The van der Waals surface area contributed by atoms with E-state index in [4.69, 9.17) is 12.2 Å². The quantitative estimate of drug-likeness (QED) is 0.469. The highest BCUT2D eigenvalue weighted by Gasteiger charge is 1.95. The van der Waals surface area contributed by atoms with E-state index < -0.39 is 0 Å². The molecular formula is C8H12N4S2. The van der Waals surface area contributed by atoms with Crippen LogP contribution in [0.5, 0.6) is 0 Å². The maximum Gasteiger partial charge on any atom is 0.189 e. The zero-order chi connectivity index (χ0) is 10.6. The van der Waals surface area contributed by atoms with Crippen LogP contribution in [0.15, 0.2) is 11.2 Å². The van der Waals surface area contributed by atoms with E-state index in [1.807, 2.05) is 27.1 Å². The summed E-state index contributed by atoms with van der Waals surface area (Å²) in [7, 11) is 3.73. The molecule has 6 heteroatoms. The van der Waals surface area contributed by atoms with Gasteiger partial charge in [0, 0.05) is 14.1 Å². The van der Waals surface area contributed by atoms with Crippen molar-refractivity contribution in [1.29, 1.82) is 0 Å². The molecule has 0 spiro atoms. The number of nitrogens with zero attached hydrogens (tertiary/aromatic N) is 3. The van der Waals surface area contributed by atoms with Crippen molar-refractivity contribution in [2.24, 2.45) is 5.10 Å². The van der Waals surface area contributed by atoms with Crippen molar-refractivity contribution >= 4 is 35.1 Å². The van der Waals surface area contributed by atoms with Crippen molar-refractivity contribution in [1.82, 2.24) is 14.7 Å². The molecule has 0 fully saturated rings. The van der Waals surface area contributed by atoms with Crippen LogP contribution in [-0.2, 0) is 0 Å². The zero-order valence-corrected chi connectivity index (χ0v) is 9.95. The van der Waals surface area contributed by atoms with Gasteiger partial charge in [0.25, 0.3) is 0 Å². The van der Waals surface area contributed by atoms with Gasteiger partial charge in [0.05, 0.1) is 16.8 Å². The van der Waals surface area contributed by atoms with Crippen LogP contribution < -0.4 is 5.43 Å². The fraction of sp³-hybridized carbons (Fsp3) is 0.375. The highest BCUT2D eigenvalue weighted by Crippen LogP contribution is 2.05. The molecule has 1 aromatic rings. The molecule has 0 aliphatic rings. The molecule has 1 rings (SSSR count). The number of thiocarbonyl (C=S) groups is 1. The average molecular weight is 228 g/mol. The Labute approximate surface area is 92.8 Å². The van der Waals surface area contributed by atoms with Crippen LogP contribution in [0.4, 0.5) is 0 Å². The summed E-state index contributed by atoms with van der Waals surface area (Å²) in [5.41, 5.74) is 3.75. The Morgan fingerprint density at radius 2 is 2.43 bits per heavy atom. The molecule has 14 heavy (non-hydrogen) atoms. The molecule has 1 N–H and O–H groups in total. The van der Waals surface area contributed by atoms with Gasteiger partial charge in [-0.2, -0.15) is 9.47 Å². The molecule has 0 aromatic carbocycles. The lowest BCUT2D eigenvalue weighted by Gasteiger charge is -2.11. The Kier molecular flexibility index (Phi) is 3.97. The van der Waals surface area contributed by atoms with Gasteiger partial charge in [-0.1, -0.05) is 0 Å². The first-order chi connectivity index (χ1) is 6.59. The second-order valence-electron chi connectivity index (χ2n) is 2.94. The molecule has 0 radical (unpaired) electrons. The van der Waals surface area contributed by atoms with Crippen LogP contribution in [0.1, 0.15) is 10.6 Å². The van der Waals surface area contributed by atoms with Gasteiger partial charge in [0.2, 0.25) is 0 Å². The van der Waals surface area contributed by atoms with Crippen LogP contribution in [0.3, 0.4) is 0 Å². The number of aromatic nitrogens is 1. The van der Waals surface area contributed by atoms with Gasteiger partial charge in [-0.15, -0.1) is 0 Å². The lowest BCUT2D eigenvalue weighted by molar-refractivity contribution is 0.606. The van der Waals surface area contributed by atoms with Gasteiger partial charge in [-0.05, 0) is 36.7 Å². The Balaban J connectivity index is 2.45. The third kappa shape index (κ3) is 3.39. The highest BCUT2D eigenvalue weighted by atomic mass is 32.1. The number of hydrogen-bond donors (Lipinski definition) is 1.